The van der Waals surface area contributed by atoms with E-state index < -0.39 is 28.8 Å². The summed E-state index contributed by atoms with van der Waals surface area (Å²) in [5, 5.41) is 6.64. The Bertz CT molecular complexity index is 1520. The molecule has 0 bridgehead atoms. The predicted molar refractivity (Wildman–Crippen MR) is 124 cm³/mol. The summed E-state index contributed by atoms with van der Waals surface area (Å²) in [6, 6.07) is 17.6. The van der Waals surface area contributed by atoms with Crippen LogP contribution in [0, 0.1) is 18.8 Å². The molecule has 0 aliphatic heterocycles. The SMILES string of the molecule is Cc1cc(=O)c(C(=O)Nc2cccc(C#Cc3ccccn3)c2)nn1-c1cccc(C(F)(F)F)c1. The second-order valence-corrected chi connectivity index (χ2v) is 7.46. The monoisotopic (exact) mass is 474 g/mol. The summed E-state index contributed by atoms with van der Waals surface area (Å²) in [6.07, 6.45) is -2.92. The van der Waals surface area contributed by atoms with Gasteiger partial charge in [-0.25, -0.2) is 9.67 Å². The van der Waals surface area contributed by atoms with Crippen LogP contribution in [-0.2, 0) is 6.18 Å². The van der Waals surface area contributed by atoms with E-state index in [1.54, 1.807) is 42.6 Å². The number of anilines is 1. The van der Waals surface area contributed by atoms with Gasteiger partial charge in [-0.2, -0.15) is 18.3 Å². The fourth-order valence-corrected chi connectivity index (χ4v) is 3.22. The third kappa shape index (κ3) is 5.62. The van der Waals surface area contributed by atoms with Crippen LogP contribution in [0.1, 0.15) is 33.0 Å². The lowest BCUT2D eigenvalue weighted by Gasteiger charge is -2.13. The van der Waals surface area contributed by atoms with Crippen molar-refractivity contribution >= 4 is 11.6 Å². The van der Waals surface area contributed by atoms with Crippen molar-refractivity contribution in [2.45, 2.75) is 13.1 Å². The lowest BCUT2D eigenvalue weighted by Crippen LogP contribution is -2.27. The first-order chi connectivity index (χ1) is 16.7. The smallest absolute Gasteiger partial charge is 0.320 e. The van der Waals surface area contributed by atoms with Gasteiger partial charge in [0.2, 0.25) is 5.43 Å². The van der Waals surface area contributed by atoms with E-state index in [-0.39, 0.29) is 11.4 Å². The van der Waals surface area contributed by atoms with Crippen LogP contribution in [0.2, 0.25) is 0 Å². The molecule has 0 unspecified atom stereocenters. The van der Waals surface area contributed by atoms with Crippen LogP contribution in [-0.4, -0.2) is 20.7 Å². The average molecular weight is 474 g/mol. The van der Waals surface area contributed by atoms with E-state index in [0.29, 0.717) is 16.9 Å². The Kier molecular flexibility index (Phi) is 6.46. The van der Waals surface area contributed by atoms with Gasteiger partial charge in [0.15, 0.2) is 5.69 Å². The first-order valence-corrected chi connectivity index (χ1v) is 10.3. The van der Waals surface area contributed by atoms with Crippen molar-refractivity contribution < 1.29 is 18.0 Å². The Morgan fingerprint density at radius 2 is 1.77 bits per heavy atom. The third-order valence-electron chi connectivity index (χ3n) is 4.86. The Hall–Kier alpha value is -4.71. The van der Waals surface area contributed by atoms with E-state index in [9.17, 15) is 22.8 Å². The lowest BCUT2D eigenvalue weighted by molar-refractivity contribution is -0.137. The summed E-state index contributed by atoms with van der Waals surface area (Å²) >= 11 is 0. The first kappa shape index (κ1) is 23.4. The topological polar surface area (TPSA) is 76.9 Å². The molecule has 0 radical (unpaired) electrons. The number of benzene rings is 2. The molecule has 0 saturated heterocycles. The van der Waals surface area contributed by atoms with Gasteiger partial charge in [-0.15, -0.1) is 0 Å². The van der Waals surface area contributed by atoms with Crippen molar-refractivity contribution in [2.24, 2.45) is 0 Å². The van der Waals surface area contributed by atoms with Crippen LogP contribution in [0.15, 0.2) is 83.8 Å². The molecule has 4 rings (SSSR count). The second kappa shape index (κ2) is 9.65. The van der Waals surface area contributed by atoms with E-state index >= 15 is 0 Å². The summed E-state index contributed by atoms with van der Waals surface area (Å²) in [5.41, 5.74) is -0.0875. The van der Waals surface area contributed by atoms with Gasteiger partial charge < -0.3 is 5.32 Å². The molecule has 1 amide bonds. The highest BCUT2D eigenvalue weighted by molar-refractivity contribution is 6.02. The Morgan fingerprint density at radius 1 is 0.971 bits per heavy atom. The number of rotatable bonds is 3. The summed E-state index contributed by atoms with van der Waals surface area (Å²) in [4.78, 5) is 29.4. The maximum absolute atomic E-state index is 13.1. The van der Waals surface area contributed by atoms with Gasteiger partial charge in [0.05, 0.1) is 11.3 Å². The highest BCUT2D eigenvalue weighted by atomic mass is 19.4. The number of carbonyl (C=O) groups is 1. The molecule has 1 N–H and O–H groups in total. The Labute approximate surface area is 198 Å². The van der Waals surface area contributed by atoms with E-state index in [2.05, 4.69) is 27.2 Å². The van der Waals surface area contributed by atoms with Gasteiger partial charge >= 0.3 is 6.18 Å². The van der Waals surface area contributed by atoms with Crippen LogP contribution in [0.3, 0.4) is 0 Å². The minimum Gasteiger partial charge on any atom is -0.320 e. The Morgan fingerprint density at radius 3 is 2.51 bits per heavy atom. The lowest BCUT2D eigenvalue weighted by atomic mass is 10.2. The maximum atomic E-state index is 13.1. The molecule has 0 atom stereocenters. The van der Waals surface area contributed by atoms with E-state index in [4.69, 9.17) is 0 Å². The zero-order chi connectivity index (χ0) is 25.0. The molecule has 6 nitrogen and oxygen atoms in total. The molecule has 0 fully saturated rings. The van der Waals surface area contributed by atoms with Crippen LogP contribution in [0.25, 0.3) is 5.69 Å². The summed E-state index contributed by atoms with van der Waals surface area (Å²) in [7, 11) is 0. The molecule has 9 heteroatoms. The number of nitrogens with zero attached hydrogens (tertiary/aromatic N) is 3. The van der Waals surface area contributed by atoms with Crippen molar-refractivity contribution in [3.63, 3.8) is 0 Å². The minimum absolute atomic E-state index is 0.0677. The normalized spacial score (nSPS) is 10.9. The number of pyridine rings is 1. The minimum atomic E-state index is -4.55. The highest BCUT2D eigenvalue weighted by Crippen LogP contribution is 2.30. The number of aromatic nitrogens is 3. The largest absolute Gasteiger partial charge is 0.416 e. The van der Waals surface area contributed by atoms with Gasteiger partial charge in [-0.3, -0.25) is 9.59 Å². The van der Waals surface area contributed by atoms with Crippen molar-refractivity contribution in [1.82, 2.24) is 14.8 Å². The van der Waals surface area contributed by atoms with Crippen LogP contribution in [0.4, 0.5) is 18.9 Å². The maximum Gasteiger partial charge on any atom is 0.416 e. The van der Waals surface area contributed by atoms with E-state index in [0.717, 1.165) is 22.9 Å². The van der Waals surface area contributed by atoms with E-state index in [1.165, 1.54) is 19.1 Å². The molecular formula is C26H17F3N4O2. The fraction of sp³-hybridized carbons (Fsp3) is 0.0769. The van der Waals surface area contributed by atoms with Crippen molar-refractivity contribution in [2.75, 3.05) is 5.32 Å². The number of hydrogen-bond acceptors (Lipinski definition) is 4. The number of carbonyl (C=O) groups excluding carboxylic acids is 1. The molecule has 2 aromatic heterocycles. The fourth-order valence-electron chi connectivity index (χ4n) is 3.22. The summed E-state index contributed by atoms with van der Waals surface area (Å²) < 4.78 is 40.5. The van der Waals surface area contributed by atoms with Gasteiger partial charge in [-0.1, -0.05) is 24.1 Å². The average Bonchev–Trinajstić information content (AvgIpc) is 2.83. The summed E-state index contributed by atoms with van der Waals surface area (Å²) in [6.45, 7) is 1.51. The van der Waals surface area contributed by atoms with Crippen LogP contribution >= 0.6 is 0 Å². The van der Waals surface area contributed by atoms with Crippen molar-refractivity contribution in [3.8, 4) is 17.5 Å². The van der Waals surface area contributed by atoms with Gasteiger partial charge in [-0.05, 0) is 61.4 Å². The van der Waals surface area contributed by atoms with Gasteiger partial charge in [0.1, 0.15) is 5.69 Å². The Balaban J connectivity index is 1.62. The van der Waals surface area contributed by atoms with E-state index in [1.807, 2.05) is 6.07 Å². The highest BCUT2D eigenvalue weighted by Gasteiger charge is 2.30. The molecule has 35 heavy (non-hydrogen) atoms. The zero-order valence-corrected chi connectivity index (χ0v) is 18.3. The van der Waals surface area contributed by atoms with Crippen molar-refractivity contribution in [3.05, 3.63) is 117 Å². The number of aryl methyl sites for hydroxylation is 1. The predicted octanol–water partition coefficient (Wildman–Crippen LogP) is 4.61. The van der Waals surface area contributed by atoms with Gasteiger partial charge in [0.25, 0.3) is 5.91 Å². The molecule has 2 heterocycles. The molecular weight excluding hydrogens is 457 g/mol. The third-order valence-corrected chi connectivity index (χ3v) is 4.86. The number of halogens is 3. The molecule has 0 spiro atoms. The number of alkyl halides is 3. The van der Waals surface area contributed by atoms with Crippen molar-refractivity contribution in [1.29, 1.82) is 0 Å². The number of nitrogens with one attached hydrogen (secondary N) is 1. The van der Waals surface area contributed by atoms with Crippen LogP contribution < -0.4 is 10.7 Å². The summed E-state index contributed by atoms with van der Waals surface area (Å²) in [5.74, 6) is 5.05. The standard InChI is InChI=1S/C26H17F3N4O2/c1-17-14-23(34)24(32-33(17)22-10-5-7-19(16-22)26(27,28)29)25(35)31-21-9-4-6-18(15-21)11-12-20-8-2-3-13-30-20/h2-10,13-16H,1H3,(H,31,35). The molecule has 2 aromatic carbocycles. The number of amides is 1. The molecule has 174 valence electrons. The molecule has 0 aliphatic carbocycles. The van der Waals surface area contributed by atoms with Crippen LogP contribution in [0.5, 0.6) is 0 Å². The molecule has 4 aromatic rings. The number of hydrogen-bond donors (Lipinski definition) is 1. The second-order valence-electron chi connectivity index (χ2n) is 7.46. The molecule has 0 saturated carbocycles. The van der Waals surface area contributed by atoms with Gasteiger partial charge in [0, 0.05) is 29.2 Å². The zero-order valence-electron chi connectivity index (χ0n) is 18.3. The molecule has 0 aliphatic rings. The quantitative estimate of drug-likeness (QED) is 0.440. The first-order valence-electron chi connectivity index (χ1n) is 10.3.